The van der Waals surface area contributed by atoms with Gasteiger partial charge in [0, 0.05) is 29.4 Å². The third-order valence-corrected chi connectivity index (χ3v) is 4.89. The number of phenols is 1. The number of thiophene rings is 1. The number of nitrogens with one attached hydrogen (secondary N) is 1. The van der Waals surface area contributed by atoms with E-state index >= 15 is 0 Å². The van der Waals surface area contributed by atoms with Gasteiger partial charge in [0.25, 0.3) is 0 Å². The van der Waals surface area contributed by atoms with Crippen LogP contribution < -0.4 is 5.32 Å². The molecule has 5 heteroatoms. The van der Waals surface area contributed by atoms with E-state index in [-0.39, 0.29) is 5.75 Å². The lowest BCUT2D eigenvalue weighted by molar-refractivity contribution is 0.454. The smallest absolute Gasteiger partial charge is 0.125 e. The van der Waals surface area contributed by atoms with Gasteiger partial charge in [-0.25, -0.2) is 0 Å². The molecule has 0 unspecified atom stereocenters. The molecule has 0 radical (unpaired) electrons. The molecule has 0 spiro atoms. The van der Waals surface area contributed by atoms with Crippen molar-refractivity contribution >= 4 is 21.6 Å². The fourth-order valence-corrected chi connectivity index (χ4v) is 3.50. The van der Waals surface area contributed by atoms with Crippen molar-refractivity contribution in [3.05, 3.63) is 41.3 Å². The lowest BCUT2D eigenvalue weighted by atomic mass is 10.0. The zero-order valence-corrected chi connectivity index (χ0v) is 11.5. The first-order chi connectivity index (χ1) is 9.81. The number of para-hydroxylation sites is 1. The van der Waals surface area contributed by atoms with E-state index in [1.165, 1.54) is 4.88 Å². The molecular weight excluding hydrogens is 270 g/mol. The summed E-state index contributed by atoms with van der Waals surface area (Å²) in [5.74, 6) is 0.851. The van der Waals surface area contributed by atoms with Gasteiger partial charge < -0.3 is 10.4 Å². The Labute approximate surface area is 120 Å². The molecular formula is C15H13N3OS. The monoisotopic (exact) mass is 283 g/mol. The molecule has 20 heavy (non-hydrogen) atoms. The normalized spacial score (nSPS) is 15.4. The number of aromatic hydroxyl groups is 1. The van der Waals surface area contributed by atoms with Gasteiger partial charge in [-0.3, -0.25) is 0 Å². The number of fused-ring (bicyclic) bond motifs is 1. The van der Waals surface area contributed by atoms with Crippen molar-refractivity contribution in [2.24, 2.45) is 0 Å². The van der Waals surface area contributed by atoms with Crippen LogP contribution in [-0.2, 0) is 0 Å². The minimum absolute atomic E-state index is 0.237. The Bertz CT molecular complexity index is 780. The van der Waals surface area contributed by atoms with Crippen molar-refractivity contribution in [1.29, 1.82) is 0 Å². The maximum Gasteiger partial charge on any atom is 0.125 e. The zero-order valence-electron chi connectivity index (χ0n) is 10.7. The molecule has 100 valence electrons. The van der Waals surface area contributed by atoms with E-state index in [1.54, 1.807) is 23.5 Å². The van der Waals surface area contributed by atoms with Crippen molar-refractivity contribution in [1.82, 2.24) is 15.5 Å². The van der Waals surface area contributed by atoms with Crippen LogP contribution in [0.5, 0.6) is 5.75 Å². The van der Waals surface area contributed by atoms with Gasteiger partial charge in [-0.15, -0.1) is 21.5 Å². The average Bonchev–Trinajstić information content (AvgIpc) is 2.79. The quantitative estimate of drug-likeness (QED) is 0.759. The van der Waals surface area contributed by atoms with E-state index in [4.69, 9.17) is 0 Å². The van der Waals surface area contributed by atoms with E-state index in [1.807, 2.05) is 18.2 Å². The minimum atomic E-state index is 0.237. The largest absolute Gasteiger partial charge is 0.507 e. The summed E-state index contributed by atoms with van der Waals surface area (Å²) >= 11 is 1.77. The highest BCUT2D eigenvalue weighted by Gasteiger charge is 2.21. The summed E-state index contributed by atoms with van der Waals surface area (Å²) in [5, 5.41) is 21.7. The summed E-state index contributed by atoms with van der Waals surface area (Å²) in [6.07, 6.45) is 0. The predicted molar refractivity (Wildman–Crippen MR) is 80.1 cm³/mol. The van der Waals surface area contributed by atoms with Crippen LogP contribution in [0.15, 0.2) is 36.4 Å². The van der Waals surface area contributed by atoms with Crippen LogP contribution in [0.25, 0.3) is 21.5 Å². The summed E-state index contributed by atoms with van der Waals surface area (Å²) in [5.41, 5.74) is 2.38. The van der Waals surface area contributed by atoms with Crippen molar-refractivity contribution in [3.63, 3.8) is 0 Å². The van der Waals surface area contributed by atoms with Gasteiger partial charge in [-0.1, -0.05) is 12.1 Å². The molecule has 2 N–H and O–H groups in total. The molecule has 2 aromatic heterocycles. The van der Waals surface area contributed by atoms with Gasteiger partial charge in [0.05, 0.1) is 10.4 Å². The van der Waals surface area contributed by atoms with Gasteiger partial charge in [-0.05, 0) is 24.3 Å². The van der Waals surface area contributed by atoms with Gasteiger partial charge >= 0.3 is 0 Å². The van der Waals surface area contributed by atoms with E-state index in [9.17, 15) is 5.11 Å². The van der Waals surface area contributed by atoms with Crippen LogP contribution in [0.3, 0.4) is 0 Å². The molecule has 1 aliphatic rings. The Morgan fingerprint density at radius 2 is 2.00 bits per heavy atom. The van der Waals surface area contributed by atoms with Gasteiger partial charge in [-0.2, -0.15) is 0 Å². The van der Waals surface area contributed by atoms with Crippen molar-refractivity contribution in [2.75, 3.05) is 13.1 Å². The molecule has 1 fully saturated rings. The number of hydrogen-bond acceptors (Lipinski definition) is 5. The lowest BCUT2D eigenvalue weighted by Crippen LogP contribution is -2.39. The zero-order chi connectivity index (χ0) is 13.5. The molecule has 0 saturated carbocycles. The van der Waals surface area contributed by atoms with Gasteiger partial charge in [0.2, 0.25) is 0 Å². The highest BCUT2D eigenvalue weighted by atomic mass is 32.1. The number of benzene rings is 1. The molecule has 1 saturated heterocycles. The second kappa shape index (κ2) is 4.54. The number of hydrogen-bond donors (Lipinski definition) is 2. The Morgan fingerprint density at radius 1 is 1.15 bits per heavy atom. The summed E-state index contributed by atoms with van der Waals surface area (Å²) in [6.45, 7) is 2.10. The standard InChI is InChI=1S/C15H13N3OS/c19-13-4-2-1-3-10(13)11-5-15-12(18-17-11)6-14(20-15)9-7-16-8-9/h1-6,9,16,19H,7-8H2. The van der Waals surface area contributed by atoms with E-state index in [0.717, 1.165) is 34.6 Å². The maximum atomic E-state index is 9.90. The Morgan fingerprint density at radius 3 is 2.75 bits per heavy atom. The maximum absolute atomic E-state index is 9.90. The van der Waals surface area contributed by atoms with Crippen molar-refractivity contribution in [3.8, 4) is 17.0 Å². The Hall–Kier alpha value is -1.98. The first kappa shape index (κ1) is 11.8. The summed E-state index contributed by atoms with van der Waals surface area (Å²) in [6, 6.07) is 11.4. The van der Waals surface area contributed by atoms with Crippen LogP contribution in [0.4, 0.5) is 0 Å². The molecule has 3 aromatic rings. The molecule has 4 rings (SSSR count). The van der Waals surface area contributed by atoms with Crippen LogP contribution in [-0.4, -0.2) is 28.4 Å². The third-order valence-electron chi connectivity index (χ3n) is 3.66. The molecule has 0 amide bonds. The molecule has 0 bridgehead atoms. The highest BCUT2D eigenvalue weighted by molar-refractivity contribution is 7.19. The van der Waals surface area contributed by atoms with Crippen LogP contribution in [0.2, 0.25) is 0 Å². The van der Waals surface area contributed by atoms with Gasteiger partial charge in [0.1, 0.15) is 11.3 Å². The topological polar surface area (TPSA) is 58.0 Å². The Kier molecular flexibility index (Phi) is 2.68. The Balaban J connectivity index is 1.80. The van der Waals surface area contributed by atoms with Gasteiger partial charge in [0.15, 0.2) is 0 Å². The van der Waals surface area contributed by atoms with E-state index < -0.39 is 0 Å². The molecule has 1 aromatic carbocycles. The molecule has 0 atom stereocenters. The first-order valence-electron chi connectivity index (χ1n) is 6.57. The molecule has 3 heterocycles. The number of rotatable bonds is 2. The third kappa shape index (κ3) is 1.87. The van der Waals surface area contributed by atoms with Crippen molar-refractivity contribution in [2.45, 2.75) is 5.92 Å². The predicted octanol–water partition coefficient (Wildman–Crippen LogP) is 2.75. The number of aromatic nitrogens is 2. The molecule has 4 nitrogen and oxygen atoms in total. The fraction of sp³-hybridized carbons (Fsp3) is 0.200. The average molecular weight is 283 g/mol. The summed E-state index contributed by atoms with van der Waals surface area (Å²) < 4.78 is 1.13. The highest BCUT2D eigenvalue weighted by Crippen LogP contribution is 2.34. The number of nitrogens with zero attached hydrogens (tertiary/aromatic N) is 2. The minimum Gasteiger partial charge on any atom is -0.507 e. The SMILES string of the molecule is Oc1ccccc1-c1cc2sc(C3CNC3)cc2nn1. The van der Waals surface area contributed by atoms with Crippen LogP contribution in [0, 0.1) is 0 Å². The van der Waals surface area contributed by atoms with E-state index in [2.05, 4.69) is 21.6 Å². The summed E-state index contributed by atoms with van der Waals surface area (Å²) in [7, 11) is 0. The molecule has 0 aliphatic carbocycles. The summed E-state index contributed by atoms with van der Waals surface area (Å²) in [4.78, 5) is 1.36. The second-order valence-electron chi connectivity index (χ2n) is 5.00. The van der Waals surface area contributed by atoms with Crippen LogP contribution in [0.1, 0.15) is 10.8 Å². The fourth-order valence-electron chi connectivity index (χ4n) is 2.37. The number of phenolic OH excluding ortho intramolecular Hbond substituents is 1. The van der Waals surface area contributed by atoms with Crippen molar-refractivity contribution < 1.29 is 5.11 Å². The van der Waals surface area contributed by atoms with E-state index in [0.29, 0.717) is 5.92 Å². The lowest BCUT2D eigenvalue weighted by Gasteiger charge is -2.25. The second-order valence-corrected chi connectivity index (χ2v) is 6.12. The van der Waals surface area contributed by atoms with Crippen LogP contribution >= 0.6 is 11.3 Å². The first-order valence-corrected chi connectivity index (χ1v) is 7.39. The molecule has 1 aliphatic heterocycles.